The molecule has 1 saturated carbocycles. The minimum absolute atomic E-state index is 0.0709. The van der Waals surface area contributed by atoms with Crippen molar-refractivity contribution in [1.29, 1.82) is 0 Å². The van der Waals surface area contributed by atoms with Gasteiger partial charge in [0.2, 0.25) is 0 Å². The Labute approximate surface area is 194 Å². The van der Waals surface area contributed by atoms with Gasteiger partial charge in [-0.1, -0.05) is 49.7 Å². The maximum absolute atomic E-state index is 14.4. The van der Waals surface area contributed by atoms with Gasteiger partial charge in [-0.05, 0) is 61.3 Å². The lowest BCUT2D eigenvalue weighted by atomic mass is 9.74. The zero-order valence-electron chi connectivity index (χ0n) is 18.7. The number of benzene rings is 2. The molecule has 2 nitrogen and oxygen atoms in total. The number of hydrogen-bond donors (Lipinski definition) is 0. The summed E-state index contributed by atoms with van der Waals surface area (Å²) in [5.41, 5.74) is 1.28. The van der Waals surface area contributed by atoms with Crippen LogP contribution in [-0.4, -0.2) is 24.1 Å². The molecule has 0 N–H and O–H groups in total. The van der Waals surface area contributed by atoms with Crippen molar-refractivity contribution < 1.29 is 40.2 Å². The Morgan fingerprint density at radius 1 is 1.00 bits per heavy atom. The predicted molar refractivity (Wildman–Crippen MR) is 113 cm³/mol. The third-order valence-corrected chi connectivity index (χ3v) is 6.25. The number of alkyl halides is 6. The summed E-state index contributed by atoms with van der Waals surface area (Å²) in [6.07, 6.45) is -11.1. The lowest BCUT2D eigenvalue weighted by Crippen LogP contribution is -2.45. The summed E-state index contributed by atoms with van der Waals surface area (Å²) in [5.74, 6) is -2.47. The minimum Gasteiger partial charge on any atom is -0.427 e. The Hall–Kier alpha value is -2.29. The van der Waals surface area contributed by atoms with Crippen LogP contribution in [0.25, 0.3) is 0 Å². The molecule has 2 aromatic rings. The monoisotopic (exact) mass is 492 g/mol. The molecule has 0 heterocycles. The van der Waals surface area contributed by atoms with Crippen LogP contribution >= 0.6 is 0 Å². The average molecular weight is 492 g/mol. The molecule has 0 radical (unpaired) electrons. The van der Waals surface area contributed by atoms with E-state index in [1.165, 1.54) is 6.07 Å². The van der Waals surface area contributed by atoms with Crippen molar-refractivity contribution in [1.82, 2.24) is 0 Å². The molecule has 1 unspecified atom stereocenters. The van der Waals surface area contributed by atoms with Crippen LogP contribution in [0.5, 0.6) is 5.75 Å². The molecule has 3 rings (SSSR count). The van der Waals surface area contributed by atoms with Crippen molar-refractivity contribution in [2.24, 2.45) is 0 Å². The molecule has 0 spiro atoms. The van der Waals surface area contributed by atoms with Crippen LogP contribution in [-0.2, 0) is 11.3 Å². The average Bonchev–Trinajstić information content (AvgIpc) is 2.79. The summed E-state index contributed by atoms with van der Waals surface area (Å²) < 4.78 is 101. The predicted octanol–water partition coefficient (Wildman–Crippen LogP) is 8.11. The first-order valence-electron chi connectivity index (χ1n) is 11.2. The SMILES string of the molecule is CCCC1(OCc2ccccc2)CCC(c2ccc(OC(F)(F)C(F)C(F)(F)F)c(F)c2)CC1. The molecule has 2 aromatic carbocycles. The van der Waals surface area contributed by atoms with Crippen LogP contribution in [0, 0.1) is 5.82 Å². The van der Waals surface area contributed by atoms with Crippen LogP contribution in [0.1, 0.15) is 62.5 Å². The smallest absolute Gasteiger partial charge is 0.427 e. The number of halogens is 7. The highest BCUT2D eigenvalue weighted by Crippen LogP contribution is 2.44. The number of ether oxygens (including phenoxy) is 2. The van der Waals surface area contributed by atoms with Gasteiger partial charge in [-0.3, -0.25) is 0 Å². The van der Waals surface area contributed by atoms with Crippen molar-refractivity contribution >= 4 is 0 Å². The lowest BCUT2D eigenvalue weighted by Gasteiger charge is -2.40. The van der Waals surface area contributed by atoms with Gasteiger partial charge in [0.1, 0.15) is 0 Å². The van der Waals surface area contributed by atoms with E-state index in [0.29, 0.717) is 25.0 Å². The fourth-order valence-corrected chi connectivity index (χ4v) is 4.45. The molecule has 9 heteroatoms. The van der Waals surface area contributed by atoms with Crippen LogP contribution in [0.4, 0.5) is 30.7 Å². The fraction of sp³-hybridized carbons (Fsp3) is 0.520. The Kier molecular flexibility index (Phi) is 8.16. The first-order valence-corrected chi connectivity index (χ1v) is 11.2. The van der Waals surface area contributed by atoms with Crippen LogP contribution in [0.15, 0.2) is 48.5 Å². The van der Waals surface area contributed by atoms with E-state index in [1.807, 2.05) is 30.3 Å². The second kappa shape index (κ2) is 10.5. The van der Waals surface area contributed by atoms with Crippen LogP contribution < -0.4 is 4.74 Å². The summed E-state index contributed by atoms with van der Waals surface area (Å²) >= 11 is 0. The lowest BCUT2D eigenvalue weighted by molar-refractivity contribution is -0.305. The molecule has 1 aliphatic carbocycles. The number of hydrogen-bond acceptors (Lipinski definition) is 2. The molecule has 34 heavy (non-hydrogen) atoms. The zero-order valence-corrected chi connectivity index (χ0v) is 18.7. The normalized spacial score (nSPS) is 22.4. The van der Waals surface area contributed by atoms with E-state index >= 15 is 0 Å². The summed E-state index contributed by atoms with van der Waals surface area (Å²) in [6, 6.07) is 12.9. The molecular weight excluding hydrogens is 465 g/mol. The second-order valence-corrected chi connectivity index (χ2v) is 8.74. The van der Waals surface area contributed by atoms with Gasteiger partial charge in [-0.25, -0.2) is 8.78 Å². The largest absolute Gasteiger partial charge is 0.439 e. The third kappa shape index (κ3) is 6.43. The van der Waals surface area contributed by atoms with E-state index in [1.54, 1.807) is 0 Å². The van der Waals surface area contributed by atoms with Crippen molar-refractivity contribution in [3.05, 3.63) is 65.5 Å². The molecule has 0 amide bonds. The molecule has 188 valence electrons. The summed E-state index contributed by atoms with van der Waals surface area (Å²) in [5, 5.41) is 0. The van der Waals surface area contributed by atoms with E-state index in [4.69, 9.17) is 4.74 Å². The first kappa shape index (κ1) is 26.3. The topological polar surface area (TPSA) is 18.5 Å². The van der Waals surface area contributed by atoms with Gasteiger partial charge in [0, 0.05) is 0 Å². The summed E-state index contributed by atoms with van der Waals surface area (Å²) in [7, 11) is 0. The molecule has 0 saturated heterocycles. The van der Waals surface area contributed by atoms with Gasteiger partial charge in [-0.2, -0.15) is 22.0 Å². The molecule has 1 fully saturated rings. The maximum atomic E-state index is 14.4. The molecule has 1 aliphatic rings. The Balaban J connectivity index is 1.64. The molecule has 0 aromatic heterocycles. The van der Waals surface area contributed by atoms with Crippen LogP contribution in [0.2, 0.25) is 0 Å². The van der Waals surface area contributed by atoms with E-state index < -0.39 is 30.0 Å². The highest BCUT2D eigenvalue weighted by atomic mass is 19.4. The van der Waals surface area contributed by atoms with Crippen molar-refractivity contribution in [3.63, 3.8) is 0 Å². The van der Waals surface area contributed by atoms with Gasteiger partial charge in [0.25, 0.3) is 6.17 Å². The number of rotatable bonds is 9. The summed E-state index contributed by atoms with van der Waals surface area (Å²) in [6.45, 7) is 2.55. The first-order chi connectivity index (χ1) is 16.0. The second-order valence-electron chi connectivity index (χ2n) is 8.74. The van der Waals surface area contributed by atoms with E-state index in [0.717, 1.165) is 43.4 Å². The van der Waals surface area contributed by atoms with E-state index in [-0.39, 0.29) is 11.5 Å². The van der Waals surface area contributed by atoms with Gasteiger partial charge >= 0.3 is 12.3 Å². The minimum atomic E-state index is -5.84. The molecular formula is C25H27F7O2. The van der Waals surface area contributed by atoms with Crippen molar-refractivity contribution in [3.8, 4) is 5.75 Å². The van der Waals surface area contributed by atoms with Crippen LogP contribution in [0.3, 0.4) is 0 Å². The van der Waals surface area contributed by atoms with Gasteiger partial charge in [0.15, 0.2) is 11.6 Å². The highest BCUT2D eigenvalue weighted by molar-refractivity contribution is 5.32. The van der Waals surface area contributed by atoms with Gasteiger partial charge in [-0.15, -0.1) is 0 Å². The van der Waals surface area contributed by atoms with E-state index in [9.17, 15) is 30.7 Å². The third-order valence-electron chi connectivity index (χ3n) is 6.25. The van der Waals surface area contributed by atoms with Crippen molar-refractivity contribution in [2.75, 3.05) is 0 Å². The van der Waals surface area contributed by atoms with E-state index in [2.05, 4.69) is 11.7 Å². The molecule has 1 atom stereocenters. The standard InChI is InChI=1S/C25H27F7O2/c1-2-12-23(33-16-17-6-4-3-5-7-17)13-10-18(11-14-23)19-8-9-21(20(26)15-19)34-25(31,32)22(27)24(28,29)30/h3-9,15,18,22H,2,10-14,16H2,1H3. The zero-order chi connectivity index (χ0) is 25.0. The van der Waals surface area contributed by atoms with Gasteiger partial charge in [0.05, 0.1) is 12.2 Å². The molecule has 0 bridgehead atoms. The highest BCUT2D eigenvalue weighted by Gasteiger charge is 2.59. The Bertz CT molecular complexity index is 923. The fourth-order valence-electron chi connectivity index (χ4n) is 4.45. The van der Waals surface area contributed by atoms with Gasteiger partial charge < -0.3 is 9.47 Å². The Morgan fingerprint density at radius 3 is 2.21 bits per heavy atom. The Morgan fingerprint density at radius 2 is 1.65 bits per heavy atom. The maximum Gasteiger partial charge on any atom is 0.439 e. The quantitative estimate of drug-likeness (QED) is 0.329. The summed E-state index contributed by atoms with van der Waals surface area (Å²) in [4.78, 5) is 0. The van der Waals surface area contributed by atoms with Crippen molar-refractivity contribution in [2.45, 2.75) is 82.0 Å². The molecule has 0 aliphatic heterocycles.